The van der Waals surface area contributed by atoms with Crippen molar-refractivity contribution >= 4 is 16.7 Å². The summed E-state index contributed by atoms with van der Waals surface area (Å²) in [4.78, 5) is 13.3. The zero-order chi connectivity index (χ0) is 9.68. The maximum atomic E-state index is 11.5. The number of hydrogen-bond acceptors (Lipinski definition) is 3. The number of carbonyl (C=O) groups excluding carboxylic acids is 1. The van der Waals surface area contributed by atoms with Gasteiger partial charge in [0, 0.05) is 55.4 Å². The van der Waals surface area contributed by atoms with E-state index in [1.165, 1.54) is 0 Å². The molecule has 1 amide bonds. The van der Waals surface area contributed by atoms with Gasteiger partial charge in [-0.1, -0.05) is 0 Å². The van der Waals surface area contributed by atoms with Gasteiger partial charge in [0.15, 0.2) is 0 Å². The Labute approximate surface area is 81.1 Å². The van der Waals surface area contributed by atoms with Crippen LogP contribution >= 0.6 is 0 Å². The molecule has 5 heteroatoms. The first kappa shape index (κ1) is 10.7. The van der Waals surface area contributed by atoms with Gasteiger partial charge in [0.1, 0.15) is 0 Å². The fourth-order valence-corrected chi connectivity index (χ4v) is 1.77. The first-order chi connectivity index (χ1) is 6.20. The molecular weight excluding hydrogens is 188 g/mol. The van der Waals surface area contributed by atoms with Crippen LogP contribution < -0.4 is 5.32 Å². The van der Waals surface area contributed by atoms with Crippen LogP contribution in [0, 0.1) is 0 Å². The molecule has 0 spiro atoms. The normalized spacial score (nSPS) is 19.9. The molecule has 13 heavy (non-hydrogen) atoms. The average Bonchev–Trinajstić information content (AvgIpc) is 2.15. The first-order valence-electron chi connectivity index (χ1n) is 4.48. The molecule has 0 aromatic carbocycles. The van der Waals surface area contributed by atoms with Crippen LogP contribution in [0.2, 0.25) is 0 Å². The maximum absolute atomic E-state index is 11.5. The van der Waals surface area contributed by atoms with Crippen molar-refractivity contribution in [2.24, 2.45) is 0 Å². The van der Waals surface area contributed by atoms with E-state index in [1.807, 2.05) is 4.90 Å². The average molecular weight is 204 g/mol. The summed E-state index contributed by atoms with van der Waals surface area (Å²) >= 11 is 0. The van der Waals surface area contributed by atoms with Crippen LogP contribution in [-0.4, -0.2) is 53.2 Å². The Bertz CT molecular complexity index is 202. The third kappa shape index (κ3) is 3.87. The summed E-state index contributed by atoms with van der Waals surface area (Å²) < 4.78 is 10.8. The largest absolute Gasteiger partial charge is 0.340 e. The Kier molecular flexibility index (Phi) is 4.38. The minimum Gasteiger partial charge on any atom is -0.340 e. The molecule has 0 aromatic rings. The van der Waals surface area contributed by atoms with Crippen molar-refractivity contribution in [3.05, 3.63) is 0 Å². The Morgan fingerprint density at radius 2 is 2.08 bits per heavy atom. The van der Waals surface area contributed by atoms with Crippen molar-refractivity contribution < 1.29 is 9.00 Å². The fraction of sp³-hybridized carbons (Fsp3) is 0.875. The molecule has 1 N–H and O–H groups in total. The lowest BCUT2D eigenvalue weighted by molar-refractivity contribution is -0.131. The number of amides is 1. The van der Waals surface area contributed by atoms with Gasteiger partial charge in [-0.15, -0.1) is 0 Å². The lowest BCUT2D eigenvalue weighted by atomic mass is 10.3. The van der Waals surface area contributed by atoms with Crippen LogP contribution in [0.25, 0.3) is 0 Å². The molecule has 1 heterocycles. The highest BCUT2D eigenvalue weighted by Crippen LogP contribution is 1.97. The van der Waals surface area contributed by atoms with E-state index in [1.54, 1.807) is 6.26 Å². The minimum absolute atomic E-state index is 0.136. The highest BCUT2D eigenvalue weighted by atomic mass is 32.2. The molecule has 0 saturated carbocycles. The van der Waals surface area contributed by atoms with Gasteiger partial charge in [0.2, 0.25) is 5.91 Å². The molecule has 0 aromatic heterocycles. The number of rotatable bonds is 3. The Hall–Kier alpha value is -0.420. The van der Waals surface area contributed by atoms with Crippen LogP contribution in [0.15, 0.2) is 0 Å². The molecule has 1 unspecified atom stereocenters. The molecule has 1 rings (SSSR count). The van der Waals surface area contributed by atoms with Gasteiger partial charge in [-0.25, -0.2) is 0 Å². The minimum atomic E-state index is -0.854. The van der Waals surface area contributed by atoms with Gasteiger partial charge in [-0.2, -0.15) is 0 Å². The lowest BCUT2D eigenvalue weighted by Crippen LogP contribution is -2.46. The Morgan fingerprint density at radius 3 is 2.62 bits per heavy atom. The second-order valence-electron chi connectivity index (χ2n) is 3.16. The number of hydrogen-bond donors (Lipinski definition) is 1. The summed E-state index contributed by atoms with van der Waals surface area (Å²) in [5.41, 5.74) is 0. The van der Waals surface area contributed by atoms with Gasteiger partial charge >= 0.3 is 0 Å². The highest BCUT2D eigenvalue weighted by molar-refractivity contribution is 7.84. The van der Waals surface area contributed by atoms with E-state index in [9.17, 15) is 9.00 Å². The summed E-state index contributed by atoms with van der Waals surface area (Å²) in [6, 6.07) is 0. The van der Waals surface area contributed by atoms with E-state index in [0.29, 0.717) is 12.2 Å². The predicted octanol–water partition coefficient (Wildman–Crippen LogP) is -0.813. The van der Waals surface area contributed by atoms with E-state index in [4.69, 9.17) is 0 Å². The lowest BCUT2D eigenvalue weighted by Gasteiger charge is -2.27. The van der Waals surface area contributed by atoms with E-state index in [2.05, 4.69) is 5.32 Å². The summed E-state index contributed by atoms with van der Waals surface area (Å²) in [7, 11) is -0.854. The summed E-state index contributed by atoms with van der Waals surface area (Å²) in [5, 5.41) is 3.18. The highest BCUT2D eigenvalue weighted by Gasteiger charge is 2.15. The van der Waals surface area contributed by atoms with Crippen LogP contribution in [-0.2, 0) is 15.6 Å². The summed E-state index contributed by atoms with van der Waals surface area (Å²) in [6.45, 7) is 3.33. The quantitative estimate of drug-likeness (QED) is 0.654. The van der Waals surface area contributed by atoms with Gasteiger partial charge < -0.3 is 10.2 Å². The van der Waals surface area contributed by atoms with Crippen molar-refractivity contribution in [2.45, 2.75) is 6.42 Å². The van der Waals surface area contributed by atoms with Crippen LogP contribution in [0.1, 0.15) is 6.42 Å². The second-order valence-corrected chi connectivity index (χ2v) is 4.71. The molecule has 1 aliphatic heterocycles. The predicted molar refractivity (Wildman–Crippen MR) is 53.0 cm³/mol. The molecule has 1 fully saturated rings. The van der Waals surface area contributed by atoms with E-state index >= 15 is 0 Å². The van der Waals surface area contributed by atoms with Gasteiger partial charge in [-0.3, -0.25) is 9.00 Å². The Morgan fingerprint density at radius 1 is 1.46 bits per heavy atom. The van der Waals surface area contributed by atoms with Crippen LogP contribution in [0.3, 0.4) is 0 Å². The summed E-state index contributed by atoms with van der Waals surface area (Å²) in [5.74, 6) is 0.625. The molecule has 0 bridgehead atoms. The molecule has 0 aliphatic carbocycles. The van der Waals surface area contributed by atoms with Gasteiger partial charge in [0.25, 0.3) is 0 Å². The Balaban J connectivity index is 2.25. The van der Waals surface area contributed by atoms with Crippen LogP contribution in [0.5, 0.6) is 0 Å². The molecule has 1 aliphatic rings. The number of nitrogens with one attached hydrogen (secondary N) is 1. The summed E-state index contributed by atoms with van der Waals surface area (Å²) in [6.07, 6.45) is 2.05. The number of nitrogens with zero attached hydrogens (tertiary/aromatic N) is 1. The van der Waals surface area contributed by atoms with Gasteiger partial charge in [-0.05, 0) is 0 Å². The first-order valence-corrected chi connectivity index (χ1v) is 6.21. The van der Waals surface area contributed by atoms with E-state index in [0.717, 1.165) is 26.2 Å². The van der Waals surface area contributed by atoms with Gasteiger partial charge in [0.05, 0.1) is 0 Å². The van der Waals surface area contributed by atoms with Crippen molar-refractivity contribution in [1.29, 1.82) is 0 Å². The van der Waals surface area contributed by atoms with Crippen molar-refractivity contribution in [3.8, 4) is 0 Å². The van der Waals surface area contributed by atoms with Crippen molar-refractivity contribution in [3.63, 3.8) is 0 Å². The molecule has 1 saturated heterocycles. The van der Waals surface area contributed by atoms with E-state index in [-0.39, 0.29) is 5.91 Å². The molecule has 4 nitrogen and oxygen atoms in total. The smallest absolute Gasteiger partial charge is 0.223 e. The van der Waals surface area contributed by atoms with E-state index < -0.39 is 10.8 Å². The number of piperazine rings is 1. The molecule has 1 atom stereocenters. The zero-order valence-electron chi connectivity index (χ0n) is 7.91. The third-order valence-corrected chi connectivity index (χ3v) is 2.85. The van der Waals surface area contributed by atoms with Crippen molar-refractivity contribution in [2.75, 3.05) is 38.2 Å². The fourth-order valence-electron chi connectivity index (χ4n) is 1.30. The molecule has 76 valence electrons. The van der Waals surface area contributed by atoms with Crippen molar-refractivity contribution in [1.82, 2.24) is 10.2 Å². The van der Waals surface area contributed by atoms with Crippen LogP contribution in [0.4, 0.5) is 0 Å². The topological polar surface area (TPSA) is 49.4 Å². The monoisotopic (exact) mass is 204 g/mol. The molecule has 0 radical (unpaired) electrons. The molecular formula is C8H16N2O2S. The number of carbonyl (C=O) groups is 1. The third-order valence-electron chi connectivity index (χ3n) is 2.07. The maximum Gasteiger partial charge on any atom is 0.223 e. The standard InChI is InChI=1S/C8H16N2O2S/c1-13(12)7-2-8(11)10-5-3-9-4-6-10/h9H,2-7H2,1H3. The SMILES string of the molecule is CS(=O)CCC(=O)N1CCNCC1. The second kappa shape index (κ2) is 5.34. The zero-order valence-corrected chi connectivity index (χ0v) is 8.73.